The number of aryl methyl sites for hydroxylation is 1. The van der Waals surface area contributed by atoms with E-state index in [0.717, 1.165) is 0 Å². The molecule has 7 heteroatoms. The van der Waals surface area contributed by atoms with Crippen molar-refractivity contribution in [3.05, 3.63) is 39.1 Å². The Balaban J connectivity index is 2.41. The molecule has 2 aromatic rings. The van der Waals surface area contributed by atoms with E-state index < -0.39 is 0 Å². The Morgan fingerprint density at radius 1 is 1.42 bits per heavy atom. The van der Waals surface area contributed by atoms with Crippen molar-refractivity contribution in [2.75, 3.05) is 0 Å². The van der Waals surface area contributed by atoms with Crippen molar-refractivity contribution in [1.82, 2.24) is 19.7 Å². The second-order valence-corrected chi connectivity index (χ2v) is 4.86. The highest BCUT2D eigenvalue weighted by Crippen LogP contribution is 2.13. The second kappa shape index (κ2) is 5.52. The summed E-state index contributed by atoms with van der Waals surface area (Å²) in [6.45, 7) is 6.04. The van der Waals surface area contributed by atoms with Crippen molar-refractivity contribution >= 4 is 11.6 Å². The third kappa shape index (κ3) is 3.01. The summed E-state index contributed by atoms with van der Waals surface area (Å²) in [5, 5.41) is 4.00. The summed E-state index contributed by atoms with van der Waals surface area (Å²) in [4.78, 5) is 20.4. The first-order chi connectivity index (χ1) is 9.01. The van der Waals surface area contributed by atoms with Gasteiger partial charge in [-0.05, 0) is 0 Å². The normalized spacial score (nSPS) is 11.2. The van der Waals surface area contributed by atoms with Crippen LogP contribution in [0.1, 0.15) is 44.2 Å². The monoisotopic (exact) mass is 282 g/mol. The molecule has 0 unspecified atom stereocenters. The zero-order valence-corrected chi connectivity index (χ0v) is 11.8. The molecule has 0 saturated heterocycles. The molecule has 0 aliphatic carbocycles. The molecule has 0 fully saturated rings. The van der Waals surface area contributed by atoms with E-state index in [4.69, 9.17) is 16.1 Å². The second-order valence-electron chi connectivity index (χ2n) is 4.47. The lowest BCUT2D eigenvalue weighted by atomic mass is 10.2. The van der Waals surface area contributed by atoms with Gasteiger partial charge in [0.15, 0.2) is 5.82 Å². The van der Waals surface area contributed by atoms with Crippen molar-refractivity contribution < 1.29 is 4.52 Å². The first-order valence-electron chi connectivity index (χ1n) is 6.10. The van der Waals surface area contributed by atoms with Gasteiger partial charge in [-0.25, -0.2) is 4.98 Å². The molecule has 0 N–H and O–H groups in total. The fourth-order valence-electron chi connectivity index (χ4n) is 1.73. The Morgan fingerprint density at radius 3 is 2.74 bits per heavy atom. The highest BCUT2D eigenvalue weighted by Gasteiger charge is 2.14. The fraction of sp³-hybridized carbons (Fsp3) is 0.500. The molecule has 0 aliphatic rings. The molecule has 0 amide bonds. The van der Waals surface area contributed by atoms with Crippen LogP contribution in [0.2, 0.25) is 5.15 Å². The van der Waals surface area contributed by atoms with Crippen LogP contribution in [0.3, 0.4) is 0 Å². The number of rotatable bonds is 4. The molecule has 0 aromatic carbocycles. The molecule has 102 valence electrons. The Kier molecular flexibility index (Phi) is 3.99. The van der Waals surface area contributed by atoms with E-state index in [1.807, 2.05) is 20.8 Å². The van der Waals surface area contributed by atoms with Crippen molar-refractivity contribution in [3.63, 3.8) is 0 Å². The molecular weight excluding hydrogens is 268 g/mol. The minimum Gasteiger partial charge on any atom is -0.337 e. The van der Waals surface area contributed by atoms with Gasteiger partial charge in [0.1, 0.15) is 17.5 Å². The molecule has 2 heterocycles. The lowest BCUT2D eigenvalue weighted by Crippen LogP contribution is -2.26. The van der Waals surface area contributed by atoms with E-state index in [2.05, 4.69) is 15.1 Å². The molecule has 0 radical (unpaired) electrons. The van der Waals surface area contributed by atoms with Crippen molar-refractivity contribution in [2.24, 2.45) is 0 Å². The SMILES string of the molecule is CCc1noc(Cn2c(C(C)C)nc(Cl)cc2=O)n1. The molecule has 0 spiro atoms. The zero-order chi connectivity index (χ0) is 14.0. The van der Waals surface area contributed by atoms with Crippen molar-refractivity contribution in [1.29, 1.82) is 0 Å². The Bertz CT molecular complexity index is 633. The van der Waals surface area contributed by atoms with E-state index in [9.17, 15) is 4.79 Å². The van der Waals surface area contributed by atoms with E-state index in [1.165, 1.54) is 10.6 Å². The maximum Gasteiger partial charge on any atom is 0.255 e. The first-order valence-corrected chi connectivity index (χ1v) is 6.47. The summed E-state index contributed by atoms with van der Waals surface area (Å²) in [6.07, 6.45) is 0.689. The maximum absolute atomic E-state index is 12.0. The quantitative estimate of drug-likeness (QED) is 0.802. The van der Waals surface area contributed by atoms with Gasteiger partial charge < -0.3 is 4.52 Å². The third-order valence-corrected chi connectivity index (χ3v) is 2.84. The van der Waals surface area contributed by atoms with Crippen LogP contribution in [0.15, 0.2) is 15.4 Å². The van der Waals surface area contributed by atoms with Gasteiger partial charge in [0.05, 0.1) is 0 Å². The van der Waals surface area contributed by atoms with Crippen LogP contribution in [0.25, 0.3) is 0 Å². The predicted molar refractivity (Wildman–Crippen MR) is 70.4 cm³/mol. The number of halogens is 1. The summed E-state index contributed by atoms with van der Waals surface area (Å²) < 4.78 is 6.60. The zero-order valence-electron chi connectivity index (χ0n) is 11.1. The van der Waals surface area contributed by atoms with Crippen LogP contribution >= 0.6 is 11.6 Å². The number of hydrogen-bond donors (Lipinski definition) is 0. The summed E-state index contributed by atoms with van der Waals surface area (Å²) in [5.41, 5.74) is -0.222. The predicted octanol–water partition coefficient (Wildman–Crippen LogP) is 2.01. The van der Waals surface area contributed by atoms with Crippen LogP contribution < -0.4 is 5.56 Å². The number of hydrogen-bond acceptors (Lipinski definition) is 5. The van der Waals surface area contributed by atoms with Gasteiger partial charge in [-0.2, -0.15) is 4.98 Å². The van der Waals surface area contributed by atoms with E-state index in [-0.39, 0.29) is 23.2 Å². The lowest BCUT2D eigenvalue weighted by molar-refractivity contribution is 0.361. The summed E-state index contributed by atoms with van der Waals surface area (Å²) >= 11 is 5.82. The van der Waals surface area contributed by atoms with Gasteiger partial charge in [0, 0.05) is 18.4 Å². The highest BCUT2D eigenvalue weighted by atomic mass is 35.5. The highest BCUT2D eigenvalue weighted by molar-refractivity contribution is 6.29. The molecule has 19 heavy (non-hydrogen) atoms. The average molecular weight is 283 g/mol. The van der Waals surface area contributed by atoms with Crippen LogP contribution in [0, 0.1) is 0 Å². The standard InChI is InChI=1S/C12H15ClN4O2/c1-4-9-15-10(19-16-9)6-17-11(18)5-8(13)14-12(17)7(2)3/h5,7H,4,6H2,1-3H3. The molecule has 0 saturated carbocycles. The van der Waals surface area contributed by atoms with Gasteiger partial charge in [0.2, 0.25) is 5.89 Å². The summed E-state index contributed by atoms with van der Waals surface area (Å²) in [7, 11) is 0. The van der Waals surface area contributed by atoms with Gasteiger partial charge in [-0.3, -0.25) is 9.36 Å². The Morgan fingerprint density at radius 2 is 2.16 bits per heavy atom. The fourth-order valence-corrected chi connectivity index (χ4v) is 1.91. The smallest absolute Gasteiger partial charge is 0.255 e. The van der Waals surface area contributed by atoms with Crippen molar-refractivity contribution in [3.8, 4) is 0 Å². The molecular formula is C12H15ClN4O2. The van der Waals surface area contributed by atoms with E-state index in [0.29, 0.717) is 24.0 Å². The van der Waals surface area contributed by atoms with Crippen molar-refractivity contribution in [2.45, 2.75) is 39.7 Å². The number of nitrogens with zero attached hydrogens (tertiary/aromatic N) is 4. The Labute approximate surface area is 115 Å². The summed E-state index contributed by atoms with van der Waals surface area (Å²) in [6, 6.07) is 1.28. The van der Waals surface area contributed by atoms with Gasteiger partial charge in [-0.1, -0.05) is 37.5 Å². The molecule has 2 aromatic heterocycles. The van der Waals surface area contributed by atoms with E-state index >= 15 is 0 Å². The number of aromatic nitrogens is 4. The maximum atomic E-state index is 12.0. The van der Waals surface area contributed by atoms with E-state index in [1.54, 1.807) is 0 Å². The third-order valence-electron chi connectivity index (χ3n) is 2.64. The van der Waals surface area contributed by atoms with Gasteiger partial charge >= 0.3 is 0 Å². The molecule has 0 atom stereocenters. The first kappa shape index (κ1) is 13.7. The largest absolute Gasteiger partial charge is 0.337 e. The summed E-state index contributed by atoms with van der Waals surface area (Å²) in [5.74, 6) is 1.69. The van der Waals surface area contributed by atoms with Gasteiger partial charge in [-0.15, -0.1) is 0 Å². The van der Waals surface area contributed by atoms with Crippen LogP contribution in [0.5, 0.6) is 0 Å². The minimum absolute atomic E-state index is 0.0694. The molecule has 0 bridgehead atoms. The minimum atomic E-state index is -0.222. The average Bonchev–Trinajstić information content (AvgIpc) is 2.79. The van der Waals surface area contributed by atoms with Crippen LogP contribution in [-0.4, -0.2) is 19.7 Å². The topological polar surface area (TPSA) is 73.8 Å². The Hall–Kier alpha value is -1.69. The molecule has 6 nitrogen and oxygen atoms in total. The van der Waals surface area contributed by atoms with Crippen LogP contribution in [-0.2, 0) is 13.0 Å². The van der Waals surface area contributed by atoms with Crippen LogP contribution in [0.4, 0.5) is 0 Å². The lowest BCUT2D eigenvalue weighted by Gasteiger charge is -2.12. The molecule has 0 aliphatic heterocycles. The van der Waals surface area contributed by atoms with Gasteiger partial charge in [0.25, 0.3) is 5.56 Å². The molecule has 2 rings (SSSR count).